The molecule has 1 saturated heterocycles. The summed E-state index contributed by atoms with van der Waals surface area (Å²) in [5.41, 5.74) is 2.97. The Morgan fingerprint density at radius 3 is 2.42 bits per heavy atom. The number of nitrogens with one attached hydrogen (secondary N) is 1. The molecule has 2 aliphatic rings. The molecule has 24 heavy (non-hydrogen) atoms. The van der Waals surface area contributed by atoms with Crippen LogP contribution in [0.2, 0.25) is 0 Å². The summed E-state index contributed by atoms with van der Waals surface area (Å²) in [7, 11) is 0. The second-order valence-electron chi connectivity index (χ2n) is 7.01. The van der Waals surface area contributed by atoms with Crippen LogP contribution < -0.4 is 10.2 Å². The molecule has 1 aromatic heterocycles. The van der Waals surface area contributed by atoms with Gasteiger partial charge in [-0.3, -0.25) is 0 Å². The monoisotopic (exact) mass is 322 g/mol. The lowest BCUT2D eigenvalue weighted by atomic mass is 10.0. The number of fused-ring (bicyclic) bond motifs is 1. The number of hydrogen-bond donors (Lipinski definition) is 1. The molecular formula is C20H26N4. The van der Waals surface area contributed by atoms with Crippen LogP contribution >= 0.6 is 0 Å². The molecule has 4 heteroatoms. The number of rotatable bonds is 5. The maximum atomic E-state index is 4.54. The van der Waals surface area contributed by atoms with Gasteiger partial charge in [0.1, 0.15) is 0 Å². The predicted molar refractivity (Wildman–Crippen MR) is 97.3 cm³/mol. The van der Waals surface area contributed by atoms with Crippen LogP contribution in [0.15, 0.2) is 42.7 Å². The van der Waals surface area contributed by atoms with E-state index in [-0.39, 0.29) is 0 Å². The quantitative estimate of drug-likeness (QED) is 0.919. The summed E-state index contributed by atoms with van der Waals surface area (Å²) < 4.78 is 0. The highest BCUT2D eigenvalue weighted by Crippen LogP contribution is 2.27. The molecule has 1 fully saturated rings. The summed E-state index contributed by atoms with van der Waals surface area (Å²) in [5, 5.41) is 3.67. The first kappa shape index (κ1) is 15.6. The van der Waals surface area contributed by atoms with Crippen LogP contribution in [0.1, 0.15) is 36.8 Å². The number of anilines is 1. The number of piperidine rings is 1. The van der Waals surface area contributed by atoms with Crippen molar-refractivity contribution in [3.8, 4) is 0 Å². The van der Waals surface area contributed by atoms with Gasteiger partial charge in [0.25, 0.3) is 0 Å². The minimum Gasteiger partial charge on any atom is -0.337 e. The van der Waals surface area contributed by atoms with Crippen molar-refractivity contribution in [2.24, 2.45) is 0 Å². The topological polar surface area (TPSA) is 41.1 Å². The molecule has 4 nitrogen and oxygen atoms in total. The van der Waals surface area contributed by atoms with Crippen molar-refractivity contribution in [3.63, 3.8) is 0 Å². The van der Waals surface area contributed by atoms with Gasteiger partial charge in [-0.2, -0.15) is 0 Å². The molecule has 2 aromatic rings. The highest BCUT2D eigenvalue weighted by molar-refractivity contribution is 5.40. The first-order chi connectivity index (χ1) is 11.9. The van der Waals surface area contributed by atoms with Gasteiger partial charge < -0.3 is 10.2 Å². The molecule has 1 unspecified atom stereocenters. The van der Waals surface area contributed by atoms with E-state index in [2.05, 4.69) is 44.5 Å². The smallest absolute Gasteiger partial charge is 0.225 e. The number of benzene rings is 1. The molecule has 0 spiro atoms. The zero-order valence-electron chi connectivity index (χ0n) is 14.2. The zero-order chi connectivity index (χ0) is 16.2. The Morgan fingerprint density at radius 1 is 1.00 bits per heavy atom. The van der Waals surface area contributed by atoms with Crippen molar-refractivity contribution in [1.82, 2.24) is 15.3 Å². The Morgan fingerprint density at radius 2 is 1.75 bits per heavy atom. The van der Waals surface area contributed by atoms with E-state index in [0.717, 1.165) is 25.3 Å². The van der Waals surface area contributed by atoms with E-state index < -0.39 is 0 Å². The minimum absolute atomic E-state index is 0.480. The first-order valence-electron chi connectivity index (χ1n) is 9.24. The summed E-state index contributed by atoms with van der Waals surface area (Å²) >= 11 is 0. The fraction of sp³-hybridized carbons (Fsp3) is 0.500. The maximum absolute atomic E-state index is 4.54. The van der Waals surface area contributed by atoms with E-state index in [1.807, 2.05) is 18.5 Å². The van der Waals surface area contributed by atoms with Crippen LogP contribution in [0.5, 0.6) is 0 Å². The Balaban J connectivity index is 1.49. The van der Waals surface area contributed by atoms with Crippen LogP contribution in [0.25, 0.3) is 0 Å². The molecule has 1 atom stereocenters. The van der Waals surface area contributed by atoms with E-state index in [9.17, 15) is 0 Å². The largest absolute Gasteiger partial charge is 0.337 e. The van der Waals surface area contributed by atoms with E-state index >= 15 is 0 Å². The molecule has 2 heterocycles. The standard InChI is InChI=1S/C20H26N4/c1-2-7-17-15-19(14-16(17)6-1)24(20-22-11-5-12-23-20)13-9-18-8-3-4-10-21-18/h1-2,5-7,11-12,18-19,21H,3-4,8-10,13-15H2. The third-order valence-corrected chi connectivity index (χ3v) is 5.41. The molecule has 1 N–H and O–H groups in total. The van der Waals surface area contributed by atoms with Gasteiger partial charge in [-0.15, -0.1) is 0 Å². The van der Waals surface area contributed by atoms with Gasteiger partial charge in [0, 0.05) is 31.0 Å². The lowest BCUT2D eigenvalue weighted by Gasteiger charge is -2.32. The van der Waals surface area contributed by atoms with Gasteiger partial charge in [0.15, 0.2) is 0 Å². The van der Waals surface area contributed by atoms with E-state index in [4.69, 9.17) is 0 Å². The second kappa shape index (κ2) is 7.31. The number of aromatic nitrogens is 2. The molecular weight excluding hydrogens is 296 g/mol. The summed E-state index contributed by atoms with van der Waals surface area (Å²) in [6.45, 7) is 2.20. The van der Waals surface area contributed by atoms with Crippen LogP contribution in [0.3, 0.4) is 0 Å². The molecule has 4 rings (SSSR count). The van der Waals surface area contributed by atoms with Crippen molar-refractivity contribution in [1.29, 1.82) is 0 Å². The minimum atomic E-state index is 0.480. The van der Waals surface area contributed by atoms with Gasteiger partial charge in [0.05, 0.1) is 0 Å². The van der Waals surface area contributed by atoms with Gasteiger partial charge >= 0.3 is 0 Å². The zero-order valence-corrected chi connectivity index (χ0v) is 14.2. The summed E-state index contributed by atoms with van der Waals surface area (Å²) in [6.07, 6.45) is 11.1. The van der Waals surface area contributed by atoms with Gasteiger partial charge in [0.2, 0.25) is 5.95 Å². The van der Waals surface area contributed by atoms with Crippen molar-refractivity contribution < 1.29 is 0 Å². The van der Waals surface area contributed by atoms with E-state index in [0.29, 0.717) is 12.1 Å². The summed E-state index contributed by atoms with van der Waals surface area (Å²) in [6, 6.07) is 11.9. The first-order valence-corrected chi connectivity index (χ1v) is 9.24. The maximum Gasteiger partial charge on any atom is 0.225 e. The fourth-order valence-corrected chi connectivity index (χ4v) is 4.11. The number of hydrogen-bond acceptors (Lipinski definition) is 4. The Labute approximate surface area is 144 Å². The van der Waals surface area contributed by atoms with E-state index in [1.165, 1.54) is 43.4 Å². The Kier molecular flexibility index (Phi) is 4.74. The Hall–Kier alpha value is -1.94. The summed E-state index contributed by atoms with van der Waals surface area (Å²) in [5.74, 6) is 0.881. The van der Waals surface area contributed by atoms with Crippen molar-refractivity contribution in [2.75, 3.05) is 18.0 Å². The SMILES string of the molecule is c1cnc(N(CCC2CCCCN2)C2Cc3ccccc3C2)nc1. The lowest BCUT2D eigenvalue weighted by Crippen LogP contribution is -2.42. The molecule has 1 aliphatic heterocycles. The highest BCUT2D eigenvalue weighted by Gasteiger charge is 2.28. The second-order valence-corrected chi connectivity index (χ2v) is 7.01. The van der Waals surface area contributed by atoms with E-state index in [1.54, 1.807) is 0 Å². The molecule has 0 amide bonds. The van der Waals surface area contributed by atoms with Crippen LogP contribution in [-0.4, -0.2) is 35.1 Å². The molecule has 1 aromatic carbocycles. The molecule has 0 radical (unpaired) electrons. The fourth-order valence-electron chi connectivity index (χ4n) is 4.11. The van der Waals surface area contributed by atoms with Gasteiger partial charge in [-0.25, -0.2) is 9.97 Å². The third kappa shape index (κ3) is 3.44. The van der Waals surface area contributed by atoms with Crippen molar-refractivity contribution in [3.05, 3.63) is 53.9 Å². The molecule has 126 valence electrons. The predicted octanol–water partition coefficient (Wildman–Crippen LogP) is 2.98. The number of nitrogens with zero attached hydrogens (tertiary/aromatic N) is 3. The normalized spacial score (nSPS) is 20.8. The van der Waals surface area contributed by atoms with Crippen molar-refractivity contribution >= 4 is 5.95 Å². The molecule has 0 saturated carbocycles. The van der Waals surface area contributed by atoms with Crippen LogP contribution in [0.4, 0.5) is 5.95 Å². The average Bonchev–Trinajstić information content (AvgIpc) is 3.07. The van der Waals surface area contributed by atoms with Crippen LogP contribution in [0, 0.1) is 0 Å². The Bertz CT molecular complexity index is 627. The molecule has 0 bridgehead atoms. The van der Waals surface area contributed by atoms with Gasteiger partial charge in [-0.1, -0.05) is 30.7 Å². The van der Waals surface area contributed by atoms with Crippen LogP contribution in [-0.2, 0) is 12.8 Å². The lowest BCUT2D eigenvalue weighted by molar-refractivity contribution is 0.378. The van der Waals surface area contributed by atoms with Crippen molar-refractivity contribution in [2.45, 2.75) is 50.6 Å². The highest BCUT2D eigenvalue weighted by atomic mass is 15.3. The molecule has 1 aliphatic carbocycles. The average molecular weight is 322 g/mol. The van der Waals surface area contributed by atoms with Gasteiger partial charge in [-0.05, 0) is 55.8 Å². The summed E-state index contributed by atoms with van der Waals surface area (Å²) in [4.78, 5) is 11.5. The third-order valence-electron chi connectivity index (χ3n) is 5.41.